The number of aromatic nitrogens is 2. The Hall–Kier alpha value is -0.390. The van der Waals surface area contributed by atoms with Crippen molar-refractivity contribution in [3.8, 4) is 0 Å². The molecule has 0 aromatic carbocycles. The first-order valence-corrected chi connectivity index (χ1v) is 8.03. The molecule has 0 aliphatic rings. The number of rotatable bonds is 6. The Bertz CT molecular complexity index is 437. The van der Waals surface area contributed by atoms with Crippen LogP contribution < -0.4 is 5.73 Å². The average Bonchev–Trinajstić information content (AvgIpc) is 2.53. The lowest BCUT2D eigenvalue weighted by molar-refractivity contribution is 0.575. The third-order valence-electron chi connectivity index (χ3n) is 2.52. The first-order chi connectivity index (χ1) is 8.28. The highest BCUT2D eigenvalue weighted by Crippen LogP contribution is 2.23. The predicted molar refractivity (Wildman–Crippen MR) is 77.3 cm³/mol. The third kappa shape index (κ3) is 4.07. The standard InChI is InChI=1S/C12H22ClN3OS/c1-5-9-11(13)10(16(6-2)15-9)7-18(17)8-12(3,4)14/h5-8,14H2,1-4H3. The van der Waals surface area contributed by atoms with Crippen LogP contribution in [0, 0.1) is 0 Å². The Morgan fingerprint density at radius 1 is 1.44 bits per heavy atom. The van der Waals surface area contributed by atoms with Gasteiger partial charge in [-0.25, -0.2) is 0 Å². The smallest absolute Gasteiger partial charge is 0.0859 e. The second-order valence-corrected chi connectivity index (χ2v) is 6.93. The van der Waals surface area contributed by atoms with Gasteiger partial charge in [0.05, 0.1) is 22.2 Å². The highest BCUT2D eigenvalue weighted by Gasteiger charge is 2.20. The first kappa shape index (κ1) is 15.7. The number of nitrogens with two attached hydrogens (primary N) is 1. The molecular weight excluding hydrogens is 270 g/mol. The molecule has 1 atom stereocenters. The van der Waals surface area contributed by atoms with Crippen LogP contribution in [0.5, 0.6) is 0 Å². The Balaban J connectivity index is 2.90. The van der Waals surface area contributed by atoms with E-state index < -0.39 is 16.3 Å². The molecular formula is C12H22ClN3OS. The van der Waals surface area contributed by atoms with Crippen LogP contribution in [0.2, 0.25) is 5.02 Å². The maximum atomic E-state index is 12.1. The monoisotopic (exact) mass is 291 g/mol. The molecule has 1 heterocycles. The van der Waals surface area contributed by atoms with E-state index >= 15 is 0 Å². The topological polar surface area (TPSA) is 60.9 Å². The minimum atomic E-state index is -1.02. The maximum absolute atomic E-state index is 12.1. The van der Waals surface area contributed by atoms with E-state index in [2.05, 4.69) is 5.10 Å². The van der Waals surface area contributed by atoms with Crippen molar-refractivity contribution in [2.75, 3.05) is 5.75 Å². The SMILES string of the molecule is CCc1nn(CC)c(CS(=O)CC(C)(C)N)c1Cl. The number of hydrogen-bond donors (Lipinski definition) is 1. The molecule has 4 nitrogen and oxygen atoms in total. The molecule has 1 aromatic heterocycles. The Kier molecular flexibility index (Phi) is 5.37. The molecule has 6 heteroatoms. The molecule has 0 amide bonds. The van der Waals surface area contributed by atoms with Crippen molar-refractivity contribution in [2.24, 2.45) is 5.73 Å². The minimum absolute atomic E-state index is 0.417. The molecule has 1 aromatic rings. The fourth-order valence-electron chi connectivity index (χ4n) is 1.77. The summed E-state index contributed by atoms with van der Waals surface area (Å²) in [6, 6.07) is 0. The van der Waals surface area contributed by atoms with Crippen LogP contribution in [-0.4, -0.2) is 25.3 Å². The fourth-order valence-corrected chi connectivity index (χ4v) is 3.72. The summed E-state index contributed by atoms with van der Waals surface area (Å²) in [5, 5.41) is 5.07. The van der Waals surface area contributed by atoms with Gasteiger partial charge in [-0.05, 0) is 27.2 Å². The summed E-state index contributed by atoms with van der Waals surface area (Å²) in [6.45, 7) is 8.50. The number of aryl methyl sites for hydroxylation is 2. The zero-order valence-corrected chi connectivity index (χ0v) is 13.1. The van der Waals surface area contributed by atoms with Crippen LogP contribution in [0.3, 0.4) is 0 Å². The van der Waals surface area contributed by atoms with Gasteiger partial charge in [0.15, 0.2) is 0 Å². The van der Waals surface area contributed by atoms with Crippen LogP contribution in [0.4, 0.5) is 0 Å². The lowest BCUT2D eigenvalue weighted by atomic mass is 10.1. The molecule has 0 fully saturated rings. The molecule has 104 valence electrons. The lowest BCUT2D eigenvalue weighted by Gasteiger charge is -2.17. The van der Waals surface area contributed by atoms with Gasteiger partial charge >= 0.3 is 0 Å². The lowest BCUT2D eigenvalue weighted by Crippen LogP contribution is -2.38. The van der Waals surface area contributed by atoms with Crippen molar-refractivity contribution in [1.29, 1.82) is 0 Å². The van der Waals surface area contributed by atoms with Crippen molar-refractivity contribution in [2.45, 2.75) is 52.0 Å². The highest BCUT2D eigenvalue weighted by atomic mass is 35.5. The highest BCUT2D eigenvalue weighted by molar-refractivity contribution is 7.84. The summed E-state index contributed by atoms with van der Waals surface area (Å²) in [4.78, 5) is 0. The van der Waals surface area contributed by atoms with Gasteiger partial charge in [-0.2, -0.15) is 5.10 Å². The Labute approximate surface area is 116 Å². The third-order valence-corrected chi connectivity index (χ3v) is 4.62. The Morgan fingerprint density at radius 2 is 2.06 bits per heavy atom. The second kappa shape index (κ2) is 6.17. The van der Waals surface area contributed by atoms with Crippen molar-refractivity contribution in [3.05, 3.63) is 16.4 Å². The predicted octanol–water partition coefficient (Wildman–Crippen LogP) is 2.10. The molecule has 1 unspecified atom stereocenters. The summed E-state index contributed by atoms with van der Waals surface area (Å²) in [5.74, 6) is 0.875. The van der Waals surface area contributed by atoms with Gasteiger partial charge < -0.3 is 5.73 Å². The average molecular weight is 292 g/mol. The quantitative estimate of drug-likeness (QED) is 0.873. The number of hydrogen-bond acceptors (Lipinski definition) is 3. The molecule has 1 rings (SSSR count). The van der Waals surface area contributed by atoms with Gasteiger partial charge in [-0.1, -0.05) is 18.5 Å². The molecule has 18 heavy (non-hydrogen) atoms. The van der Waals surface area contributed by atoms with Crippen molar-refractivity contribution in [1.82, 2.24) is 9.78 Å². The molecule has 0 aliphatic heterocycles. The van der Waals surface area contributed by atoms with E-state index in [1.54, 1.807) is 0 Å². The molecule has 2 N–H and O–H groups in total. The van der Waals surface area contributed by atoms with E-state index in [1.807, 2.05) is 32.4 Å². The van der Waals surface area contributed by atoms with Crippen LogP contribution >= 0.6 is 11.6 Å². The normalized spacial score (nSPS) is 13.9. The number of halogens is 1. The van der Waals surface area contributed by atoms with Gasteiger partial charge in [0, 0.05) is 28.6 Å². The van der Waals surface area contributed by atoms with Crippen LogP contribution in [0.15, 0.2) is 0 Å². The van der Waals surface area contributed by atoms with E-state index in [4.69, 9.17) is 17.3 Å². The zero-order valence-electron chi connectivity index (χ0n) is 11.5. The van der Waals surface area contributed by atoms with E-state index in [0.29, 0.717) is 16.5 Å². The molecule has 0 saturated carbocycles. The summed E-state index contributed by atoms with van der Waals surface area (Å²) >= 11 is 6.27. The van der Waals surface area contributed by atoms with Gasteiger partial charge in [0.25, 0.3) is 0 Å². The molecule has 0 radical (unpaired) electrons. The van der Waals surface area contributed by atoms with E-state index in [1.165, 1.54) is 0 Å². The number of nitrogens with zero attached hydrogens (tertiary/aromatic N) is 2. The molecule has 0 bridgehead atoms. The summed E-state index contributed by atoms with van der Waals surface area (Å²) in [7, 11) is -1.02. The van der Waals surface area contributed by atoms with Crippen molar-refractivity contribution < 1.29 is 4.21 Å². The molecule has 0 spiro atoms. The summed E-state index contributed by atoms with van der Waals surface area (Å²) < 4.78 is 13.9. The van der Waals surface area contributed by atoms with E-state index in [-0.39, 0.29) is 0 Å². The van der Waals surface area contributed by atoms with Gasteiger partial charge in [0.1, 0.15) is 0 Å². The zero-order chi connectivity index (χ0) is 13.9. The van der Waals surface area contributed by atoms with Gasteiger partial charge in [0.2, 0.25) is 0 Å². The van der Waals surface area contributed by atoms with Crippen LogP contribution in [-0.2, 0) is 29.5 Å². The molecule has 0 aliphatic carbocycles. The van der Waals surface area contributed by atoms with Crippen LogP contribution in [0.1, 0.15) is 39.1 Å². The second-order valence-electron chi connectivity index (χ2n) is 5.09. The molecule has 0 saturated heterocycles. The van der Waals surface area contributed by atoms with Gasteiger partial charge in [-0.3, -0.25) is 8.89 Å². The van der Waals surface area contributed by atoms with Crippen molar-refractivity contribution >= 4 is 22.4 Å². The largest absolute Gasteiger partial charge is 0.325 e. The Morgan fingerprint density at radius 3 is 2.50 bits per heavy atom. The maximum Gasteiger partial charge on any atom is 0.0859 e. The summed E-state index contributed by atoms with van der Waals surface area (Å²) in [5.41, 5.74) is 7.19. The summed E-state index contributed by atoms with van der Waals surface area (Å²) in [6.07, 6.45) is 0.786. The van der Waals surface area contributed by atoms with E-state index in [0.717, 1.165) is 24.4 Å². The minimum Gasteiger partial charge on any atom is -0.325 e. The van der Waals surface area contributed by atoms with E-state index in [9.17, 15) is 4.21 Å². The fraction of sp³-hybridized carbons (Fsp3) is 0.750. The van der Waals surface area contributed by atoms with Crippen molar-refractivity contribution in [3.63, 3.8) is 0 Å². The first-order valence-electron chi connectivity index (χ1n) is 6.16. The van der Waals surface area contributed by atoms with Crippen LogP contribution in [0.25, 0.3) is 0 Å². The van der Waals surface area contributed by atoms with Gasteiger partial charge in [-0.15, -0.1) is 0 Å².